The molecular formula is C12H16N2OS. The van der Waals surface area contributed by atoms with Gasteiger partial charge in [-0.15, -0.1) is 0 Å². The Kier molecular flexibility index (Phi) is 3.39. The number of aliphatic imine (C=N–C) groups is 1. The summed E-state index contributed by atoms with van der Waals surface area (Å²) in [4.78, 5) is 4.42. The highest BCUT2D eigenvalue weighted by molar-refractivity contribution is 8.14. The first-order valence-corrected chi connectivity index (χ1v) is 6.40. The lowest BCUT2D eigenvalue weighted by Crippen LogP contribution is -2.14. The molecule has 0 atom stereocenters. The Bertz CT molecular complexity index is 429. The number of phenolic OH excluding ortho intramolecular Hbond substituents is 1. The normalized spacial score (nSPS) is 15.8. The van der Waals surface area contributed by atoms with Crippen molar-refractivity contribution in [2.24, 2.45) is 4.99 Å². The lowest BCUT2D eigenvalue weighted by molar-refractivity contribution is 0.471. The second-order valence-electron chi connectivity index (χ2n) is 3.92. The van der Waals surface area contributed by atoms with Gasteiger partial charge in [0.25, 0.3) is 0 Å². The van der Waals surface area contributed by atoms with E-state index in [1.54, 1.807) is 17.8 Å². The van der Waals surface area contributed by atoms with Gasteiger partial charge < -0.3 is 10.4 Å². The molecule has 3 nitrogen and oxygen atoms in total. The lowest BCUT2D eigenvalue weighted by atomic mass is 10.1. The van der Waals surface area contributed by atoms with Crippen LogP contribution in [-0.4, -0.2) is 22.6 Å². The number of nitrogens with zero attached hydrogens (tertiary/aromatic N) is 1. The first kappa shape index (κ1) is 11.3. The van der Waals surface area contributed by atoms with Crippen molar-refractivity contribution in [1.82, 2.24) is 0 Å². The van der Waals surface area contributed by atoms with Gasteiger partial charge in [0.05, 0.1) is 0 Å². The molecule has 0 saturated heterocycles. The summed E-state index contributed by atoms with van der Waals surface area (Å²) in [6, 6.07) is 3.64. The third-order valence-electron chi connectivity index (χ3n) is 2.67. The zero-order valence-electron chi connectivity index (χ0n) is 9.58. The molecule has 0 unspecified atom stereocenters. The molecule has 0 radical (unpaired) electrons. The van der Waals surface area contributed by atoms with Crippen LogP contribution < -0.4 is 5.32 Å². The van der Waals surface area contributed by atoms with E-state index in [4.69, 9.17) is 0 Å². The summed E-state index contributed by atoms with van der Waals surface area (Å²) in [5.74, 6) is 1.44. The maximum absolute atomic E-state index is 9.67. The van der Waals surface area contributed by atoms with E-state index in [9.17, 15) is 5.11 Å². The molecule has 0 amide bonds. The molecule has 0 bridgehead atoms. The van der Waals surface area contributed by atoms with Crippen molar-refractivity contribution < 1.29 is 5.11 Å². The van der Waals surface area contributed by atoms with Gasteiger partial charge in [-0.1, -0.05) is 17.8 Å². The quantitative estimate of drug-likeness (QED) is 0.788. The van der Waals surface area contributed by atoms with Gasteiger partial charge in [0.2, 0.25) is 0 Å². The van der Waals surface area contributed by atoms with E-state index >= 15 is 0 Å². The Balaban J connectivity index is 2.26. The summed E-state index contributed by atoms with van der Waals surface area (Å²) < 4.78 is 0. The van der Waals surface area contributed by atoms with Crippen LogP contribution in [-0.2, 0) is 0 Å². The Morgan fingerprint density at radius 3 is 2.88 bits per heavy atom. The average molecular weight is 236 g/mol. The SMILES string of the molecule is Cc1ccc(O)c(C)c1NC1=NCCCS1. The largest absolute Gasteiger partial charge is 0.508 e. The van der Waals surface area contributed by atoms with E-state index in [1.165, 1.54) is 0 Å². The van der Waals surface area contributed by atoms with Gasteiger partial charge in [0.1, 0.15) is 5.75 Å². The van der Waals surface area contributed by atoms with Gasteiger partial charge in [-0.3, -0.25) is 4.99 Å². The van der Waals surface area contributed by atoms with Gasteiger partial charge in [-0.05, 0) is 31.9 Å². The zero-order chi connectivity index (χ0) is 11.5. The Labute approximate surface area is 100.0 Å². The molecule has 2 N–H and O–H groups in total. The molecule has 1 aliphatic rings. The van der Waals surface area contributed by atoms with Crippen LogP contribution in [0.15, 0.2) is 17.1 Å². The number of thioether (sulfide) groups is 1. The third kappa shape index (κ3) is 2.32. The number of anilines is 1. The van der Waals surface area contributed by atoms with Crippen LogP contribution in [0.1, 0.15) is 17.5 Å². The van der Waals surface area contributed by atoms with Crippen LogP contribution >= 0.6 is 11.8 Å². The number of amidine groups is 1. The summed E-state index contributed by atoms with van der Waals surface area (Å²) in [7, 11) is 0. The van der Waals surface area contributed by atoms with Gasteiger partial charge in [-0.2, -0.15) is 0 Å². The molecule has 1 aliphatic heterocycles. The second kappa shape index (κ2) is 4.78. The van der Waals surface area contributed by atoms with Crippen LogP contribution in [0.4, 0.5) is 5.69 Å². The molecule has 2 rings (SSSR count). The van der Waals surface area contributed by atoms with Crippen LogP contribution in [0.5, 0.6) is 5.75 Å². The summed E-state index contributed by atoms with van der Waals surface area (Å²) in [5, 5.41) is 13.9. The van der Waals surface area contributed by atoms with Crippen molar-refractivity contribution in [3.05, 3.63) is 23.3 Å². The molecule has 0 fully saturated rings. The number of aromatic hydroxyl groups is 1. The highest BCUT2D eigenvalue weighted by atomic mass is 32.2. The number of aryl methyl sites for hydroxylation is 1. The molecule has 0 aliphatic carbocycles. The van der Waals surface area contributed by atoms with Crippen molar-refractivity contribution in [3.8, 4) is 5.75 Å². The van der Waals surface area contributed by atoms with Gasteiger partial charge in [0, 0.05) is 23.5 Å². The molecule has 0 aromatic heterocycles. The van der Waals surface area contributed by atoms with Gasteiger partial charge in [0.15, 0.2) is 5.17 Å². The van der Waals surface area contributed by atoms with E-state index in [2.05, 4.69) is 10.3 Å². The van der Waals surface area contributed by atoms with Gasteiger partial charge >= 0.3 is 0 Å². The smallest absolute Gasteiger partial charge is 0.161 e. The molecule has 1 aromatic carbocycles. The average Bonchev–Trinajstić information content (AvgIpc) is 2.31. The fraction of sp³-hybridized carbons (Fsp3) is 0.417. The Morgan fingerprint density at radius 1 is 1.38 bits per heavy atom. The minimum atomic E-state index is 0.328. The topological polar surface area (TPSA) is 44.6 Å². The van der Waals surface area contributed by atoms with E-state index < -0.39 is 0 Å². The summed E-state index contributed by atoms with van der Waals surface area (Å²) in [5.41, 5.74) is 2.99. The standard InChI is InChI=1S/C12H16N2OS/c1-8-4-5-10(15)9(2)11(8)14-12-13-6-3-7-16-12/h4-5,15H,3,6-7H2,1-2H3,(H,13,14). The zero-order valence-corrected chi connectivity index (χ0v) is 10.4. The predicted octanol–water partition coefficient (Wildman–Crippen LogP) is 2.91. The number of phenols is 1. The van der Waals surface area contributed by atoms with E-state index in [0.29, 0.717) is 5.75 Å². The Morgan fingerprint density at radius 2 is 2.19 bits per heavy atom. The molecule has 0 spiro atoms. The van der Waals surface area contributed by atoms with Gasteiger partial charge in [-0.25, -0.2) is 0 Å². The summed E-state index contributed by atoms with van der Waals surface area (Å²) >= 11 is 1.74. The number of rotatable bonds is 1. The fourth-order valence-electron chi connectivity index (χ4n) is 1.67. The first-order valence-electron chi connectivity index (χ1n) is 5.42. The molecule has 1 heterocycles. The van der Waals surface area contributed by atoms with Crippen molar-refractivity contribution in [3.63, 3.8) is 0 Å². The van der Waals surface area contributed by atoms with E-state index in [0.717, 1.165) is 40.7 Å². The first-order chi connectivity index (χ1) is 7.68. The molecule has 4 heteroatoms. The minimum Gasteiger partial charge on any atom is -0.508 e. The van der Waals surface area contributed by atoms with Crippen molar-refractivity contribution in [2.75, 3.05) is 17.6 Å². The minimum absolute atomic E-state index is 0.328. The van der Waals surface area contributed by atoms with Crippen LogP contribution in [0.25, 0.3) is 0 Å². The maximum Gasteiger partial charge on any atom is 0.161 e. The molecule has 0 saturated carbocycles. The van der Waals surface area contributed by atoms with Crippen LogP contribution in [0, 0.1) is 13.8 Å². The number of hydrogen-bond donors (Lipinski definition) is 2. The molecular weight excluding hydrogens is 220 g/mol. The fourth-order valence-corrected chi connectivity index (χ4v) is 2.49. The number of benzene rings is 1. The number of hydrogen-bond acceptors (Lipinski definition) is 4. The highest BCUT2D eigenvalue weighted by Gasteiger charge is 2.11. The molecule has 1 aromatic rings. The Hall–Kier alpha value is -1.16. The monoisotopic (exact) mass is 236 g/mol. The van der Waals surface area contributed by atoms with Crippen molar-refractivity contribution in [2.45, 2.75) is 20.3 Å². The van der Waals surface area contributed by atoms with Crippen molar-refractivity contribution in [1.29, 1.82) is 0 Å². The maximum atomic E-state index is 9.67. The van der Waals surface area contributed by atoms with Crippen molar-refractivity contribution >= 4 is 22.6 Å². The third-order valence-corrected chi connectivity index (χ3v) is 3.67. The second-order valence-corrected chi connectivity index (χ2v) is 5.00. The molecule has 86 valence electrons. The predicted molar refractivity (Wildman–Crippen MR) is 70.6 cm³/mol. The summed E-state index contributed by atoms with van der Waals surface area (Å²) in [6.07, 6.45) is 1.15. The van der Waals surface area contributed by atoms with Crippen LogP contribution in [0.2, 0.25) is 0 Å². The van der Waals surface area contributed by atoms with E-state index in [-0.39, 0.29) is 0 Å². The lowest BCUT2D eigenvalue weighted by Gasteiger charge is -2.17. The number of nitrogens with one attached hydrogen (secondary N) is 1. The van der Waals surface area contributed by atoms with Crippen LogP contribution in [0.3, 0.4) is 0 Å². The highest BCUT2D eigenvalue weighted by Crippen LogP contribution is 2.29. The summed E-state index contributed by atoms with van der Waals surface area (Å²) in [6.45, 7) is 4.84. The molecule has 16 heavy (non-hydrogen) atoms. The van der Waals surface area contributed by atoms with E-state index in [1.807, 2.05) is 19.9 Å².